The number of rotatable bonds is 9. The first-order valence-corrected chi connectivity index (χ1v) is 8.56. The van der Waals surface area contributed by atoms with Crippen LogP contribution in [0.3, 0.4) is 0 Å². The normalized spacial score (nSPS) is 10.3. The van der Waals surface area contributed by atoms with Crippen LogP contribution in [0.25, 0.3) is 0 Å². The van der Waals surface area contributed by atoms with Crippen LogP contribution in [0, 0.1) is 0 Å². The Morgan fingerprint density at radius 1 is 0.897 bits per heavy atom. The van der Waals surface area contributed by atoms with Crippen molar-refractivity contribution < 1.29 is 28.5 Å². The minimum absolute atomic E-state index is 0.255. The minimum atomic E-state index is -0.489. The van der Waals surface area contributed by atoms with E-state index in [1.807, 2.05) is 0 Å². The molecule has 0 unspecified atom stereocenters. The van der Waals surface area contributed by atoms with E-state index < -0.39 is 11.8 Å². The molecule has 0 heterocycles. The first-order chi connectivity index (χ1) is 14.0. The fourth-order valence-electron chi connectivity index (χ4n) is 2.34. The highest BCUT2D eigenvalue weighted by molar-refractivity contribution is 5.97. The smallest absolute Gasteiger partial charge is 0.259 e. The van der Waals surface area contributed by atoms with Crippen molar-refractivity contribution in [2.24, 2.45) is 5.10 Å². The van der Waals surface area contributed by atoms with Gasteiger partial charge in [-0.2, -0.15) is 5.10 Å². The summed E-state index contributed by atoms with van der Waals surface area (Å²) in [6.07, 6.45) is 1.44. The van der Waals surface area contributed by atoms with Crippen LogP contribution in [0.15, 0.2) is 41.5 Å². The second-order valence-electron chi connectivity index (χ2n) is 5.69. The van der Waals surface area contributed by atoms with Crippen LogP contribution in [0.2, 0.25) is 0 Å². The minimum Gasteiger partial charge on any atom is -0.497 e. The van der Waals surface area contributed by atoms with Crippen LogP contribution < -0.4 is 29.7 Å². The molecular formula is C20H23N3O6. The van der Waals surface area contributed by atoms with Crippen LogP contribution in [0.5, 0.6) is 23.0 Å². The third-order valence-electron chi connectivity index (χ3n) is 3.86. The number of carbonyl (C=O) groups excluding carboxylic acids is 2. The number of ether oxygens (including phenoxy) is 4. The van der Waals surface area contributed by atoms with Gasteiger partial charge in [-0.3, -0.25) is 9.59 Å². The van der Waals surface area contributed by atoms with E-state index in [4.69, 9.17) is 18.9 Å². The van der Waals surface area contributed by atoms with Crippen molar-refractivity contribution in [3.63, 3.8) is 0 Å². The van der Waals surface area contributed by atoms with Gasteiger partial charge in [0.1, 0.15) is 23.0 Å². The second kappa shape index (κ2) is 10.5. The van der Waals surface area contributed by atoms with Gasteiger partial charge in [-0.1, -0.05) is 0 Å². The monoisotopic (exact) mass is 401 g/mol. The SMILES string of the molecule is COc1cc(OC)cc(C(=O)NCC(=O)N/N=C\c2ccc(OC)cc2OC)c1. The molecule has 154 valence electrons. The Balaban J connectivity index is 1.92. The molecular weight excluding hydrogens is 378 g/mol. The number of methoxy groups -OCH3 is 4. The van der Waals surface area contributed by atoms with Gasteiger partial charge in [-0.25, -0.2) is 5.43 Å². The predicted molar refractivity (Wildman–Crippen MR) is 107 cm³/mol. The zero-order valence-corrected chi connectivity index (χ0v) is 16.6. The van der Waals surface area contributed by atoms with Gasteiger partial charge in [0.25, 0.3) is 11.8 Å². The molecule has 0 aromatic heterocycles. The molecule has 0 aliphatic rings. The number of hydrogen-bond donors (Lipinski definition) is 2. The molecule has 0 aliphatic heterocycles. The molecule has 2 rings (SSSR count). The van der Waals surface area contributed by atoms with Gasteiger partial charge in [-0.05, 0) is 24.3 Å². The summed E-state index contributed by atoms with van der Waals surface area (Å²) >= 11 is 0. The number of hydrogen-bond acceptors (Lipinski definition) is 7. The fraction of sp³-hybridized carbons (Fsp3) is 0.250. The standard InChI is InChI=1S/C20H23N3O6/c1-26-15-6-5-13(18(10-15)29-4)11-22-23-19(24)12-21-20(25)14-7-16(27-2)9-17(8-14)28-3/h5-11H,12H2,1-4H3,(H,21,25)(H,23,24)/b22-11-. The molecule has 2 aromatic carbocycles. The summed E-state index contributed by atoms with van der Waals surface area (Å²) in [4.78, 5) is 24.2. The highest BCUT2D eigenvalue weighted by Gasteiger charge is 2.11. The molecule has 0 aliphatic carbocycles. The molecule has 0 saturated carbocycles. The molecule has 2 N–H and O–H groups in total. The summed E-state index contributed by atoms with van der Waals surface area (Å²) in [5.41, 5.74) is 3.30. The first kappa shape index (κ1) is 21.5. The fourth-order valence-corrected chi connectivity index (χ4v) is 2.34. The molecule has 2 amide bonds. The quantitative estimate of drug-likeness (QED) is 0.488. The summed E-state index contributed by atoms with van der Waals surface area (Å²) < 4.78 is 20.6. The van der Waals surface area contributed by atoms with E-state index in [0.717, 1.165) is 0 Å². The molecule has 2 aromatic rings. The van der Waals surface area contributed by atoms with Crippen LogP contribution >= 0.6 is 0 Å². The third kappa shape index (κ3) is 6.13. The second-order valence-corrected chi connectivity index (χ2v) is 5.69. The number of carbonyl (C=O) groups is 2. The van der Waals surface area contributed by atoms with Crippen molar-refractivity contribution in [2.75, 3.05) is 35.0 Å². The van der Waals surface area contributed by atoms with E-state index in [1.54, 1.807) is 43.5 Å². The van der Waals surface area contributed by atoms with E-state index in [1.165, 1.54) is 27.5 Å². The van der Waals surface area contributed by atoms with Gasteiger partial charge in [-0.15, -0.1) is 0 Å². The van der Waals surface area contributed by atoms with E-state index in [2.05, 4.69) is 15.8 Å². The average molecular weight is 401 g/mol. The van der Waals surface area contributed by atoms with Crippen LogP contribution in [0.4, 0.5) is 0 Å². The Hall–Kier alpha value is -3.75. The molecule has 0 bridgehead atoms. The van der Waals surface area contributed by atoms with Crippen molar-refractivity contribution in [2.45, 2.75) is 0 Å². The first-order valence-electron chi connectivity index (χ1n) is 8.56. The average Bonchev–Trinajstić information content (AvgIpc) is 2.76. The van der Waals surface area contributed by atoms with Crippen LogP contribution in [0.1, 0.15) is 15.9 Å². The third-order valence-corrected chi connectivity index (χ3v) is 3.86. The van der Waals surface area contributed by atoms with Gasteiger partial charge in [0.15, 0.2) is 0 Å². The van der Waals surface area contributed by atoms with E-state index in [0.29, 0.717) is 34.1 Å². The number of nitrogens with zero attached hydrogens (tertiary/aromatic N) is 1. The van der Waals surface area contributed by atoms with Crippen molar-refractivity contribution >= 4 is 18.0 Å². The largest absolute Gasteiger partial charge is 0.497 e. The lowest BCUT2D eigenvalue weighted by atomic mass is 10.2. The number of amides is 2. The molecule has 0 fully saturated rings. The Bertz CT molecular complexity index is 876. The van der Waals surface area contributed by atoms with Gasteiger partial charge in [0.2, 0.25) is 0 Å². The van der Waals surface area contributed by atoms with Gasteiger partial charge in [0.05, 0.1) is 41.2 Å². The zero-order chi connectivity index (χ0) is 21.2. The van der Waals surface area contributed by atoms with Gasteiger partial charge in [0, 0.05) is 23.3 Å². The van der Waals surface area contributed by atoms with Crippen molar-refractivity contribution in [1.29, 1.82) is 0 Å². The van der Waals surface area contributed by atoms with Crippen LogP contribution in [-0.2, 0) is 4.79 Å². The van der Waals surface area contributed by atoms with E-state index >= 15 is 0 Å². The Morgan fingerprint density at radius 2 is 1.55 bits per heavy atom. The molecule has 9 nitrogen and oxygen atoms in total. The lowest BCUT2D eigenvalue weighted by Crippen LogP contribution is -2.34. The van der Waals surface area contributed by atoms with E-state index in [-0.39, 0.29) is 6.54 Å². The Kier molecular flexibility index (Phi) is 7.84. The molecule has 0 saturated heterocycles. The number of hydrazone groups is 1. The summed E-state index contributed by atoms with van der Waals surface area (Å²) in [5, 5.41) is 6.38. The Morgan fingerprint density at radius 3 is 2.14 bits per heavy atom. The predicted octanol–water partition coefficient (Wildman–Crippen LogP) is 1.60. The highest BCUT2D eigenvalue weighted by atomic mass is 16.5. The molecule has 0 radical (unpaired) electrons. The highest BCUT2D eigenvalue weighted by Crippen LogP contribution is 2.23. The zero-order valence-electron chi connectivity index (χ0n) is 16.6. The summed E-state index contributed by atoms with van der Waals surface area (Å²) in [6.45, 7) is -0.255. The maximum Gasteiger partial charge on any atom is 0.259 e. The molecule has 0 atom stereocenters. The van der Waals surface area contributed by atoms with E-state index in [9.17, 15) is 9.59 Å². The number of nitrogens with one attached hydrogen (secondary N) is 2. The molecule has 29 heavy (non-hydrogen) atoms. The summed E-state index contributed by atoms with van der Waals surface area (Å²) in [7, 11) is 6.05. The Labute approximate surface area is 168 Å². The van der Waals surface area contributed by atoms with Crippen molar-refractivity contribution in [3.05, 3.63) is 47.5 Å². The van der Waals surface area contributed by atoms with Crippen molar-refractivity contribution in [1.82, 2.24) is 10.7 Å². The summed E-state index contributed by atoms with van der Waals surface area (Å²) in [5.74, 6) is 1.19. The maximum absolute atomic E-state index is 12.3. The number of benzene rings is 2. The molecule has 0 spiro atoms. The van der Waals surface area contributed by atoms with Crippen molar-refractivity contribution in [3.8, 4) is 23.0 Å². The molecule has 9 heteroatoms. The maximum atomic E-state index is 12.3. The van der Waals surface area contributed by atoms with Gasteiger partial charge < -0.3 is 24.3 Å². The van der Waals surface area contributed by atoms with Crippen LogP contribution in [-0.4, -0.2) is 53.0 Å². The topological polar surface area (TPSA) is 107 Å². The summed E-state index contributed by atoms with van der Waals surface area (Å²) in [6, 6.07) is 9.92. The van der Waals surface area contributed by atoms with Gasteiger partial charge >= 0.3 is 0 Å². The lowest BCUT2D eigenvalue weighted by Gasteiger charge is -2.09. The lowest BCUT2D eigenvalue weighted by molar-refractivity contribution is -0.120.